The Hall–Kier alpha value is -2.14. The summed E-state index contributed by atoms with van der Waals surface area (Å²) in [5, 5.41) is 0.571. The predicted molar refractivity (Wildman–Crippen MR) is 103 cm³/mol. The van der Waals surface area contributed by atoms with E-state index < -0.39 is 0 Å². The van der Waals surface area contributed by atoms with Crippen molar-refractivity contribution in [1.29, 1.82) is 0 Å². The lowest BCUT2D eigenvalue weighted by Gasteiger charge is -2.33. The Kier molecular flexibility index (Phi) is 5.77. The van der Waals surface area contributed by atoms with Crippen molar-refractivity contribution < 1.29 is 4.79 Å². The van der Waals surface area contributed by atoms with Crippen molar-refractivity contribution >= 4 is 17.5 Å². The molecule has 3 rings (SSSR count). The number of piperidine rings is 1. The number of hydrogen-bond donors (Lipinski definition) is 0. The molecule has 1 aliphatic rings. The van der Waals surface area contributed by atoms with E-state index >= 15 is 0 Å². The summed E-state index contributed by atoms with van der Waals surface area (Å²) in [4.78, 5) is 32.0. The van der Waals surface area contributed by atoms with E-state index in [9.17, 15) is 9.59 Å². The van der Waals surface area contributed by atoms with Gasteiger partial charge in [-0.05, 0) is 44.7 Å². The minimum atomic E-state index is -0.204. The largest absolute Gasteiger partial charge is 0.338 e. The maximum absolute atomic E-state index is 12.8. The summed E-state index contributed by atoms with van der Waals surface area (Å²) in [5.41, 5.74) is 1.24. The molecule has 0 saturated carbocycles. The highest BCUT2D eigenvalue weighted by Crippen LogP contribution is 2.22. The maximum Gasteiger partial charge on any atom is 0.254 e. The molecule has 1 aliphatic heterocycles. The van der Waals surface area contributed by atoms with Gasteiger partial charge in [-0.25, -0.2) is 4.98 Å². The van der Waals surface area contributed by atoms with Crippen LogP contribution in [-0.4, -0.2) is 32.9 Å². The Morgan fingerprint density at radius 1 is 1.31 bits per heavy atom. The molecular formula is C20H24ClN3O2. The van der Waals surface area contributed by atoms with Gasteiger partial charge in [0.2, 0.25) is 5.91 Å². The Bertz CT molecular complexity index is 862. The van der Waals surface area contributed by atoms with Gasteiger partial charge >= 0.3 is 0 Å². The molecule has 1 saturated heterocycles. The lowest BCUT2D eigenvalue weighted by atomic mass is 10.0. The molecule has 138 valence electrons. The molecule has 0 spiro atoms. The van der Waals surface area contributed by atoms with Gasteiger partial charge in [-0.3, -0.25) is 14.2 Å². The number of halogens is 1. The average molecular weight is 374 g/mol. The zero-order valence-electron chi connectivity index (χ0n) is 15.2. The van der Waals surface area contributed by atoms with E-state index in [-0.39, 0.29) is 24.1 Å². The van der Waals surface area contributed by atoms with Gasteiger partial charge in [0.15, 0.2) is 0 Å². The molecule has 1 fully saturated rings. The van der Waals surface area contributed by atoms with Crippen molar-refractivity contribution in [2.75, 3.05) is 6.54 Å². The van der Waals surface area contributed by atoms with E-state index in [4.69, 9.17) is 11.6 Å². The molecular weight excluding hydrogens is 350 g/mol. The quantitative estimate of drug-likeness (QED) is 0.823. The van der Waals surface area contributed by atoms with E-state index in [1.807, 2.05) is 24.0 Å². The molecule has 0 aliphatic carbocycles. The highest BCUT2D eigenvalue weighted by atomic mass is 35.5. The summed E-state index contributed by atoms with van der Waals surface area (Å²) in [7, 11) is 0. The molecule has 5 nitrogen and oxygen atoms in total. The minimum Gasteiger partial charge on any atom is -0.338 e. The topological polar surface area (TPSA) is 55.2 Å². The third kappa shape index (κ3) is 3.98. The summed E-state index contributed by atoms with van der Waals surface area (Å²) in [6, 6.07) is 8.95. The maximum atomic E-state index is 12.8. The van der Waals surface area contributed by atoms with Crippen molar-refractivity contribution in [3.8, 4) is 11.4 Å². The van der Waals surface area contributed by atoms with E-state index in [1.165, 1.54) is 10.6 Å². The van der Waals surface area contributed by atoms with Crippen LogP contribution >= 0.6 is 11.6 Å². The number of aromatic nitrogens is 2. The molecule has 0 radical (unpaired) electrons. The van der Waals surface area contributed by atoms with E-state index in [1.54, 1.807) is 12.1 Å². The van der Waals surface area contributed by atoms with Crippen molar-refractivity contribution in [2.45, 2.75) is 52.1 Å². The zero-order valence-corrected chi connectivity index (χ0v) is 16.0. The summed E-state index contributed by atoms with van der Waals surface area (Å²) >= 11 is 6.12. The molecule has 26 heavy (non-hydrogen) atoms. The number of hydrogen-bond acceptors (Lipinski definition) is 3. The fraction of sp³-hybridized carbons (Fsp3) is 0.450. The zero-order chi connectivity index (χ0) is 18.7. The Morgan fingerprint density at radius 3 is 2.81 bits per heavy atom. The molecule has 6 heteroatoms. The van der Waals surface area contributed by atoms with E-state index in [0.717, 1.165) is 31.4 Å². The highest BCUT2D eigenvalue weighted by molar-refractivity contribution is 6.30. The van der Waals surface area contributed by atoms with Crippen molar-refractivity contribution in [3.63, 3.8) is 0 Å². The molecule has 1 amide bonds. The van der Waals surface area contributed by atoms with Crippen molar-refractivity contribution in [3.05, 3.63) is 51.4 Å². The van der Waals surface area contributed by atoms with Crippen LogP contribution in [0.5, 0.6) is 0 Å². The van der Waals surface area contributed by atoms with Crippen LogP contribution < -0.4 is 5.56 Å². The second-order valence-corrected chi connectivity index (χ2v) is 7.23. The molecule has 1 atom stereocenters. The second-order valence-electron chi connectivity index (χ2n) is 6.79. The normalized spacial score (nSPS) is 17.3. The number of likely N-dealkylation sites (tertiary alicyclic amines) is 1. The van der Waals surface area contributed by atoms with Crippen molar-refractivity contribution in [2.24, 2.45) is 0 Å². The number of rotatable bonds is 4. The molecule has 1 aromatic heterocycles. The SMILES string of the molecule is CCc1cc(=O)n(CC(=O)N2CCCC[C@H]2C)c(-c2cccc(Cl)c2)n1. The van der Waals surface area contributed by atoms with Gasteiger partial charge in [0.25, 0.3) is 5.56 Å². The third-order valence-electron chi connectivity index (χ3n) is 4.92. The van der Waals surface area contributed by atoms with Gasteiger partial charge in [0, 0.05) is 34.9 Å². The minimum absolute atomic E-state index is 0.00200. The number of carbonyl (C=O) groups is 1. The molecule has 2 heterocycles. The van der Waals surface area contributed by atoms with Crippen molar-refractivity contribution in [1.82, 2.24) is 14.5 Å². The first-order valence-electron chi connectivity index (χ1n) is 9.15. The number of aryl methyl sites for hydroxylation is 1. The number of amides is 1. The monoisotopic (exact) mass is 373 g/mol. The van der Waals surface area contributed by atoms with Crippen LogP contribution in [0.25, 0.3) is 11.4 Å². The molecule has 0 N–H and O–H groups in total. The molecule has 0 unspecified atom stereocenters. The lowest BCUT2D eigenvalue weighted by molar-refractivity contribution is -0.135. The first kappa shape index (κ1) is 18.6. The van der Waals surface area contributed by atoms with Crippen LogP contribution in [0, 0.1) is 0 Å². The third-order valence-corrected chi connectivity index (χ3v) is 5.16. The molecule has 0 bridgehead atoms. The Labute approximate surface area is 158 Å². The van der Waals surface area contributed by atoms with Crippen LogP contribution in [0.4, 0.5) is 0 Å². The Balaban J connectivity index is 2.00. The molecule has 1 aromatic carbocycles. The second kappa shape index (κ2) is 8.04. The standard InChI is InChI=1S/C20H24ClN3O2/c1-3-17-12-18(25)24(13-19(26)23-10-5-4-7-14(23)2)20(22-17)15-8-6-9-16(21)11-15/h6,8-9,11-12,14H,3-5,7,10,13H2,1-2H3/t14-/m1/s1. The van der Waals surface area contributed by atoms with Crippen LogP contribution in [0.15, 0.2) is 35.1 Å². The van der Waals surface area contributed by atoms with E-state index in [0.29, 0.717) is 23.0 Å². The fourth-order valence-electron chi connectivity index (χ4n) is 3.43. The number of nitrogens with zero attached hydrogens (tertiary/aromatic N) is 3. The van der Waals surface area contributed by atoms with Crippen LogP contribution in [-0.2, 0) is 17.8 Å². The first-order chi connectivity index (χ1) is 12.5. The van der Waals surface area contributed by atoms with Gasteiger partial charge in [-0.1, -0.05) is 30.7 Å². The lowest BCUT2D eigenvalue weighted by Crippen LogP contribution is -2.45. The highest BCUT2D eigenvalue weighted by Gasteiger charge is 2.24. The van der Waals surface area contributed by atoms with Gasteiger partial charge < -0.3 is 4.90 Å². The molecule has 2 aromatic rings. The van der Waals surface area contributed by atoms with Gasteiger partial charge in [0.05, 0.1) is 0 Å². The van der Waals surface area contributed by atoms with Crippen LogP contribution in [0.3, 0.4) is 0 Å². The average Bonchev–Trinajstić information content (AvgIpc) is 2.63. The number of carbonyl (C=O) groups excluding carboxylic acids is 1. The summed E-state index contributed by atoms with van der Waals surface area (Å²) < 4.78 is 1.47. The van der Waals surface area contributed by atoms with E-state index in [2.05, 4.69) is 11.9 Å². The van der Waals surface area contributed by atoms with Gasteiger partial charge in [-0.2, -0.15) is 0 Å². The Morgan fingerprint density at radius 2 is 2.12 bits per heavy atom. The van der Waals surface area contributed by atoms with Crippen LogP contribution in [0.1, 0.15) is 38.8 Å². The smallest absolute Gasteiger partial charge is 0.254 e. The fourth-order valence-corrected chi connectivity index (χ4v) is 3.62. The summed E-state index contributed by atoms with van der Waals surface area (Å²) in [5.74, 6) is 0.462. The van der Waals surface area contributed by atoms with Gasteiger partial charge in [0.1, 0.15) is 12.4 Å². The number of benzene rings is 1. The predicted octanol–water partition coefficient (Wildman–Crippen LogP) is 3.53. The summed E-state index contributed by atoms with van der Waals surface area (Å²) in [6.45, 7) is 4.77. The van der Waals surface area contributed by atoms with Gasteiger partial charge in [-0.15, -0.1) is 0 Å². The first-order valence-corrected chi connectivity index (χ1v) is 9.53. The van der Waals surface area contributed by atoms with Crippen LogP contribution in [0.2, 0.25) is 5.02 Å². The summed E-state index contributed by atoms with van der Waals surface area (Å²) in [6.07, 6.45) is 3.82.